The van der Waals surface area contributed by atoms with Crippen LogP contribution in [0.5, 0.6) is 0 Å². The van der Waals surface area contributed by atoms with E-state index in [4.69, 9.17) is 28.9 Å². The zero-order valence-electron chi connectivity index (χ0n) is 11.2. The van der Waals surface area contributed by atoms with Gasteiger partial charge in [-0.3, -0.25) is 4.79 Å². The lowest BCUT2D eigenvalue weighted by atomic mass is 10.1. The minimum atomic E-state index is -0.153. The van der Waals surface area contributed by atoms with Gasteiger partial charge in [0.2, 0.25) is 0 Å². The average molecular weight is 388 g/mol. The number of halogens is 3. The van der Waals surface area contributed by atoms with Gasteiger partial charge < -0.3 is 10.6 Å². The molecule has 0 saturated carbocycles. The first-order valence-corrected chi connectivity index (χ1v) is 7.68. The summed E-state index contributed by atoms with van der Waals surface area (Å²) >= 11 is 15.2. The summed E-state index contributed by atoms with van der Waals surface area (Å²) in [6.07, 6.45) is 0. The molecule has 0 aliphatic heterocycles. The number of hydrogen-bond acceptors (Lipinski definition) is 2. The third kappa shape index (κ3) is 3.90. The quantitative estimate of drug-likeness (QED) is 0.781. The number of benzene rings is 2. The van der Waals surface area contributed by atoms with Gasteiger partial charge in [-0.25, -0.2) is 0 Å². The van der Waals surface area contributed by atoms with E-state index in [1.165, 1.54) is 0 Å². The monoisotopic (exact) mass is 386 g/mol. The van der Waals surface area contributed by atoms with Crippen molar-refractivity contribution in [1.29, 1.82) is 0 Å². The summed E-state index contributed by atoms with van der Waals surface area (Å²) in [7, 11) is 1.71. The molecule has 0 heterocycles. The fraction of sp³-hybridized carbons (Fsp3) is 0.133. The third-order valence-corrected chi connectivity index (χ3v) is 4.23. The van der Waals surface area contributed by atoms with Gasteiger partial charge in [-0.2, -0.15) is 0 Å². The number of nitrogens with two attached hydrogens (primary N) is 1. The Balaban J connectivity index is 2.19. The number of anilines is 1. The van der Waals surface area contributed by atoms with Crippen LogP contribution in [0.1, 0.15) is 15.9 Å². The molecular weight excluding hydrogens is 375 g/mol. The number of carbonyl (C=O) groups excluding carboxylic acids is 1. The molecule has 2 rings (SSSR count). The largest absolute Gasteiger partial charge is 0.398 e. The Morgan fingerprint density at radius 1 is 1.19 bits per heavy atom. The van der Waals surface area contributed by atoms with Crippen LogP contribution in [-0.2, 0) is 6.54 Å². The maximum atomic E-state index is 12.4. The van der Waals surface area contributed by atoms with Gasteiger partial charge in [0.15, 0.2) is 0 Å². The molecule has 0 spiro atoms. The van der Waals surface area contributed by atoms with E-state index in [0.29, 0.717) is 27.8 Å². The van der Waals surface area contributed by atoms with Crippen molar-refractivity contribution < 1.29 is 4.79 Å². The van der Waals surface area contributed by atoms with Crippen molar-refractivity contribution in [3.8, 4) is 0 Å². The molecule has 1 amide bonds. The third-order valence-electron chi connectivity index (χ3n) is 3.00. The number of nitrogen functional groups attached to an aromatic ring is 1. The highest BCUT2D eigenvalue weighted by Crippen LogP contribution is 2.24. The van der Waals surface area contributed by atoms with E-state index in [9.17, 15) is 4.79 Å². The van der Waals surface area contributed by atoms with Crippen LogP contribution >= 0.6 is 39.1 Å². The number of rotatable bonds is 3. The van der Waals surface area contributed by atoms with Crippen molar-refractivity contribution in [2.24, 2.45) is 0 Å². The van der Waals surface area contributed by atoms with Crippen LogP contribution in [0.15, 0.2) is 40.9 Å². The molecular formula is C15H13BrCl2N2O. The van der Waals surface area contributed by atoms with Gasteiger partial charge in [-0.15, -0.1) is 0 Å². The average Bonchev–Trinajstić information content (AvgIpc) is 2.44. The predicted octanol–water partition coefficient (Wildman–Crippen LogP) is 4.61. The van der Waals surface area contributed by atoms with Crippen LogP contribution in [0.4, 0.5) is 5.69 Å². The van der Waals surface area contributed by atoms with Crippen molar-refractivity contribution in [1.82, 2.24) is 4.90 Å². The first-order chi connectivity index (χ1) is 9.88. The van der Waals surface area contributed by atoms with Gasteiger partial charge in [-0.05, 0) is 35.9 Å². The molecule has 0 radical (unpaired) electrons. The van der Waals surface area contributed by atoms with Gasteiger partial charge in [0.1, 0.15) is 0 Å². The Bertz CT molecular complexity index is 691. The van der Waals surface area contributed by atoms with Gasteiger partial charge in [-0.1, -0.05) is 45.2 Å². The standard InChI is InChI=1S/C15H13BrCl2N2O/c1-20(8-9-2-4-12(17)13(18)6-9)15(21)11-7-10(16)3-5-14(11)19/h2-7H,8,19H2,1H3. The lowest BCUT2D eigenvalue weighted by Crippen LogP contribution is -2.27. The molecule has 0 fully saturated rings. The number of hydrogen-bond donors (Lipinski definition) is 1. The fourth-order valence-corrected chi connectivity index (χ4v) is 2.58. The second-order valence-corrected chi connectivity index (χ2v) is 6.37. The Labute approximate surface area is 141 Å². The van der Waals surface area contributed by atoms with E-state index in [1.807, 2.05) is 6.07 Å². The predicted molar refractivity (Wildman–Crippen MR) is 90.8 cm³/mol. The molecule has 0 aromatic heterocycles. The Hall–Kier alpha value is -1.23. The molecule has 2 N–H and O–H groups in total. The maximum Gasteiger partial charge on any atom is 0.256 e. The van der Waals surface area contributed by atoms with Crippen LogP contribution in [0.3, 0.4) is 0 Å². The van der Waals surface area contributed by atoms with E-state index in [1.54, 1.807) is 42.3 Å². The molecule has 2 aromatic carbocycles. The van der Waals surface area contributed by atoms with Crippen molar-refractivity contribution in [2.75, 3.05) is 12.8 Å². The number of amides is 1. The first kappa shape index (κ1) is 16.1. The SMILES string of the molecule is CN(Cc1ccc(Cl)c(Cl)c1)C(=O)c1cc(Br)ccc1N. The smallest absolute Gasteiger partial charge is 0.256 e. The van der Waals surface area contributed by atoms with Crippen LogP contribution in [0, 0.1) is 0 Å². The summed E-state index contributed by atoms with van der Waals surface area (Å²) < 4.78 is 0.808. The van der Waals surface area contributed by atoms with Crippen molar-refractivity contribution in [3.05, 3.63) is 62.0 Å². The van der Waals surface area contributed by atoms with Crippen molar-refractivity contribution in [3.63, 3.8) is 0 Å². The normalized spacial score (nSPS) is 10.5. The van der Waals surface area contributed by atoms with Crippen LogP contribution in [-0.4, -0.2) is 17.9 Å². The van der Waals surface area contributed by atoms with Gasteiger partial charge in [0.25, 0.3) is 5.91 Å². The van der Waals surface area contributed by atoms with E-state index in [-0.39, 0.29) is 5.91 Å². The maximum absolute atomic E-state index is 12.4. The molecule has 0 atom stereocenters. The highest BCUT2D eigenvalue weighted by atomic mass is 79.9. The van der Waals surface area contributed by atoms with E-state index >= 15 is 0 Å². The van der Waals surface area contributed by atoms with E-state index in [0.717, 1.165) is 10.0 Å². The molecule has 0 unspecified atom stereocenters. The van der Waals surface area contributed by atoms with Gasteiger partial charge in [0, 0.05) is 23.8 Å². The molecule has 0 saturated heterocycles. The lowest BCUT2D eigenvalue weighted by Gasteiger charge is -2.19. The molecule has 21 heavy (non-hydrogen) atoms. The second kappa shape index (κ2) is 6.69. The van der Waals surface area contributed by atoms with E-state index < -0.39 is 0 Å². The first-order valence-electron chi connectivity index (χ1n) is 6.13. The van der Waals surface area contributed by atoms with Crippen LogP contribution < -0.4 is 5.73 Å². The van der Waals surface area contributed by atoms with Crippen LogP contribution in [0.2, 0.25) is 10.0 Å². The van der Waals surface area contributed by atoms with E-state index in [2.05, 4.69) is 15.9 Å². The Morgan fingerprint density at radius 3 is 2.57 bits per heavy atom. The molecule has 0 aliphatic rings. The summed E-state index contributed by atoms with van der Waals surface area (Å²) in [6.45, 7) is 0.418. The molecule has 110 valence electrons. The molecule has 0 bridgehead atoms. The Kier molecular flexibility index (Phi) is 5.14. The highest BCUT2D eigenvalue weighted by Gasteiger charge is 2.15. The number of carbonyl (C=O) groups is 1. The summed E-state index contributed by atoms with van der Waals surface area (Å²) in [5, 5.41) is 0.961. The molecule has 0 aliphatic carbocycles. The highest BCUT2D eigenvalue weighted by molar-refractivity contribution is 9.10. The fourth-order valence-electron chi connectivity index (χ4n) is 1.90. The zero-order chi connectivity index (χ0) is 15.6. The van der Waals surface area contributed by atoms with Gasteiger partial charge >= 0.3 is 0 Å². The van der Waals surface area contributed by atoms with Gasteiger partial charge in [0.05, 0.1) is 15.6 Å². The second-order valence-electron chi connectivity index (χ2n) is 4.64. The summed E-state index contributed by atoms with van der Waals surface area (Å²) in [5.74, 6) is -0.153. The van der Waals surface area contributed by atoms with Crippen LogP contribution in [0.25, 0.3) is 0 Å². The minimum absolute atomic E-state index is 0.153. The van der Waals surface area contributed by atoms with Crippen molar-refractivity contribution >= 4 is 50.7 Å². The minimum Gasteiger partial charge on any atom is -0.398 e. The molecule has 3 nitrogen and oxygen atoms in total. The topological polar surface area (TPSA) is 46.3 Å². The number of nitrogens with zero attached hydrogens (tertiary/aromatic N) is 1. The Morgan fingerprint density at radius 2 is 1.90 bits per heavy atom. The lowest BCUT2D eigenvalue weighted by molar-refractivity contribution is 0.0786. The zero-order valence-corrected chi connectivity index (χ0v) is 14.3. The molecule has 6 heteroatoms. The summed E-state index contributed by atoms with van der Waals surface area (Å²) in [4.78, 5) is 14.0. The summed E-state index contributed by atoms with van der Waals surface area (Å²) in [6, 6.07) is 10.5. The molecule has 2 aromatic rings. The van der Waals surface area contributed by atoms with Crippen molar-refractivity contribution in [2.45, 2.75) is 6.54 Å². The summed E-state index contributed by atoms with van der Waals surface area (Å²) in [5.41, 5.74) is 7.67.